The van der Waals surface area contributed by atoms with Gasteiger partial charge in [-0.25, -0.2) is 4.79 Å². The van der Waals surface area contributed by atoms with E-state index in [1.165, 1.54) is 18.1 Å². The van der Waals surface area contributed by atoms with Gasteiger partial charge in [0, 0.05) is 6.04 Å². The zero-order valence-electron chi connectivity index (χ0n) is 19.8. The number of nitrogens with one attached hydrogen (secondary N) is 2. The fraction of sp³-hybridized carbons (Fsp3) is 0.565. The van der Waals surface area contributed by atoms with Crippen molar-refractivity contribution >= 4 is 23.9 Å². The Labute approximate surface area is 193 Å². The molecule has 1 unspecified atom stereocenters. The SMILES string of the molecule is COC(=O)CNC(=O)C(c1ccc(O)c(C)c1)N(C(=O)CNC(=O)OC(C)(C)C)C1CCC1. The van der Waals surface area contributed by atoms with Gasteiger partial charge in [0.15, 0.2) is 0 Å². The molecule has 0 radical (unpaired) electrons. The van der Waals surface area contributed by atoms with E-state index in [2.05, 4.69) is 15.4 Å². The second kappa shape index (κ2) is 11.0. The normalized spacial score (nSPS) is 14.5. The number of aromatic hydroxyl groups is 1. The van der Waals surface area contributed by atoms with E-state index in [0.717, 1.165) is 6.42 Å². The number of aryl methyl sites for hydroxylation is 1. The first-order valence-corrected chi connectivity index (χ1v) is 10.8. The Bertz CT molecular complexity index is 891. The maximum Gasteiger partial charge on any atom is 0.408 e. The van der Waals surface area contributed by atoms with Crippen molar-refractivity contribution in [3.05, 3.63) is 29.3 Å². The van der Waals surface area contributed by atoms with Crippen LogP contribution in [0.5, 0.6) is 5.75 Å². The van der Waals surface area contributed by atoms with E-state index in [4.69, 9.17) is 4.74 Å². The molecular weight excluding hydrogens is 430 g/mol. The van der Waals surface area contributed by atoms with Crippen LogP contribution in [0.3, 0.4) is 0 Å². The second-order valence-corrected chi connectivity index (χ2v) is 8.98. The van der Waals surface area contributed by atoms with Crippen molar-refractivity contribution in [3.63, 3.8) is 0 Å². The maximum atomic E-state index is 13.2. The Balaban J connectivity index is 2.32. The summed E-state index contributed by atoms with van der Waals surface area (Å²) in [5.74, 6) is -1.60. The number of benzene rings is 1. The molecule has 182 valence electrons. The van der Waals surface area contributed by atoms with E-state index in [9.17, 15) is 24.3 Å². The van der Waals surface area contributed by atoms with Crippen molar-refractivity contribution in [2.24, 2.45) is 0 Å². The lowest BCUT2D eigenvalue weighted by Crippen LogP contribution is -2.54. The number of phenolic OH excluding ortho intramolecular Hbond substituents is 1. The molecule has 1 aliphatic rings. The van der Waals surface area contributed by atoms with Crippen LogP contribution in [0.15, 0.2) is 18.2 Å². The van der Waals surface area contributed by atoms with Crippen LogP contribution >= 0.6 is 0 Å². The average Bonchev–Trinajstić information content (AvgIpc) is 2.69. The first-order valence-electron chi connectivity index (χ1n) is 10.8. The molecule has 3 amide bonds. The number of amides is 3. The van der Waals surface area contributed by atoms with Gasteiger partial charge in [0.25, 0.3) is 0 Å². The largest absolute Gasteiger partial charge is 0.508 e. The minimum Gasteiger partial charge on any atom is -0.508 e. The fourth-order valence-corrected chi connectivity index (χ4v) is 3.39. The van der Waals surface area contributed by atoms with Crippen LogP contribution in [0, 0.1) is 6.92 Å². The number of hydrogen-bond donors (Lipinski definition) is 3. The monoisotopic (exact) mass is 463 g/mol. The van der Waals surface area contributed by atoms with Crippen molar-refractivity contribution in [1.82, 2.24) is 15.5 Å². The average molecular weight is 464 g/mol. The third-order valence-corrected chi connectivity index (χ3v) is 5.24. The lowest BCUT2D eigenvalue weighted by Gasteiger charge is -2.42. The predicted molar refractivity (Wildman–Crippen MR) is 119 cm³/mol. The summed E-state index contributed by atoms with van der Waals surface area (Å²) in [5.41, 5.74) is 0.289. The molecule has 1 aromatic carbocycles. The van der Waals surface area contributed by atoms with Gasteiger partial charge in [-0.15, -0.1) is 0 Å². The highest BCUT2D eigenvalue weighted by Crippen LogP contribution is 2.34. The highest BCUT2D eigenvalue weighted by atomic mass is 16.6. The maximum absolute atomic E-state index is 13.2. The standard InChI is InChI=1S/C23H33N3O7/c1-14-11-15(9-10-17(14)27)20(21(30)24-13-19(29)32-5)26(16-7-6-8-16)18(28)12-25-22(31)33-23(2,3)4/h9-11,16,20,27H,6-8,12-13H2,1-5H3,(H,24,30)(H,25,31). The van der Waals surface area contributed by atoms with E-state index >= 15 is 0 Å². The van der Waals surface area contributed by atoms with Gasteiger partial charge < -0.3 is 30.1 Å². The molecule has 3 N–H and O–H groups in total. The molecule has 1 aromatic rings. The summed E-state index contributed by atoms with van der Waals surface area (Å²) < 4.78 is 9.77. The number of methoxy groups -OCH3 is 1. The predicted octanol–water partition coefficient (Wildman–Crippen LogP) is 1.94. The molecule has 1 fully saturated rings. The Morgan fingerprint density at radius 2 is 1.82 bits per heavy atom. The number of nitrogens with zero attached hydrogens (tertiary/aromatic N) is 1. The first-order chi connectivity index (χ1) is 15.4. The fourth-order valence-electron chi connectivity index (χ4n) is 3.39. The number of esters is 1. The number of phenols is 1. The van der Waals surface area contributed by atoms with Gasteiger partial charge in [-0.2, -0.15) is 0 Å². The molecule has 1 saturated carbocycles. The number of rotatable bonds is 8. The van der Waals surface area contributed by atoms with Crippen LogP contribution in [0.1, 0.15) is 57.2 Å². The Morgan fingerprint density at radius 3 is 2.33 bits per heavy atom. The van der Waals surface area contributed by atoms with Gasteiger partial charge >= 0.3 is 12.1 Å². The molecule has 10 nitrogen and oxygen atoms in total. The van der Waals surface area contributed by atoms with Gasteiger partial charge in [0.05, 0.1) is 7.11 Å². The Morgan fingerprint density at radius 1 is 1.15 bits per heavy atom. The quantitative estimate of drug-likeness (QED) is 0.502. The molecule has 0 aromatic heterocycles. The molecule has 1 atom stereocenters. The van der Waals surface area contributed by atoms with E-state index in [1.54, 1.807) is 39.8 Å². The van der Waals surface area contributed by atoms with E-state index in [1.807, 2.05) is 0 Å². The highest BCUT2D eigenvalue weighted by molar-refractivity contribution is 5.92. The summed E-state index contributed by atoms with van der Waals surface area (Å²) in [4.78, 5) is 51.5. The second-order valence-electron chi connectivity index (χ2n) is 8.98. The molecular formula is C23H33N3O7. The molecule has 10 heteroatoms. The van der Waals surface area contributed by atoms with Crippen LogP contribution in [-0.2, 0) is 23.9 Å². The number of hydrogen-bond acceptors (Lipinski definition) is 7. The van der Waals surface area contributed by atoms with Crippen molar-refractivity contribution in [2.75, 3.05) is 20.2 Å². The van der Waals surface area contributed by atoms with Crippen LogP contribution in [0.25, 0.3) is 0 Å². The third-order valence-electron chi connectivity index (χ3n) is 5.24. The zero-order valence-corrected chi connectivity index (χ0v) is 19.8. The molecule has 0 heterocycles. The van der Waals surface area contributed by atoms with Crippen LogP contribution in [0.4, 0.5) is 4.79 Å². The van der Waals surface area contributed by atoms with Crippen molar-refractivity contribution in [1.29, 1.82) is 0 Å². The first kappa shape index (κ1) is 26.0. The van der Waals surface area contributed by atoms with Gasteiger partial charge in [0.1, 0.15) is 30.5 Å². The van der Waals surface area contributed by atoms with Gasteiger partial charge in [-0.3, -0.25) is 14.4 Å². The molecule has 0 aliphatic heterocycles. The lowest BCUT2D eigenvalue weighted by molar-refractivity contribution is -0.146. The molecule has 1 aliphatic carbocycles. The van der Waals surface area contributed by atoms with Crippen LogP contribution in [-0.4, -0.2) is 65.7 Å². The van der Waals surface area contributed by atoms with E-state index in [-0.39, 0.29) is 24.9 Å². The summed E-state index contributed by atoms with van der Waals surface area (Å²) in [6, 6.07) is 3.37. The lowest BCUT2D eigenvalue weighted by atomic mass is 9.88. The summed E-state index contributed by atoms with van der Waals surface area (Å²) in [5, 5.41) is 14.9. The number of carbonyl (C=O) groups is 4. The van der Waals surface area contributed by atoms with Crippen LogP contribution < -0.4 is 10.6 Å². The smallest absolute Gasteiger partial charge is 0.408 e. The van der Waals surface area contributed by atoms with E-state index in [0.29, 0.717) is 24.0 Å². The minimum absolute atomic E-state index is 0.0561. The van der Waals surface area contributed by atoms with Crippen LogP contribution in [0.2, 0.25) is 0 Å². The summed E-state index contributed by atoms with van der Waals surface area (Å²) in [7, 11) is 1.21. The zero-order chi connectivity index (χ0) is 24.8. The Kier molecular flexibility index (Phi) is 8.67. The third kappa shape index (κ3) is 7.37. The molecule has 2 rings (SSSR count). The summed E-state index contributed by atoms with van der Waals surface area (Å²) in [6.45, 7) is 6.11. The molecule has 0 spiro atoms. The number of alkyl carbamates (subject to hydrolysis) is 1. The van der Waals surface area contributed by atoms with Crippen molar-refractivity contribution in [2.45, 2.75) is 64.6 Å². The van der Waals surface area contributed by atoms with E-state index < -0.39 is 35.5 Å². The molecule has 0 saturated heterocycles. The van der Waals surface area contributed by atoms with Crippen molar-refractivity contribution in [3.8, 4) is 5.75 Å². The highest BCUT2D eigenvalue weighted by Gasteiger charge is 2.39. The Hall–Kier alpha value is -3.30. The summed E-state index contributed by atoms with van der Waals surface area (Å²) >= 11 is 0. The number of ether oxygens (including phenoxy) is 2. The molecule has 0 bridgehead atoms. The van der Waals surface area contributed by atoms with Gasteiger partial charge in [-0.1, -0.05) is 6.07 Å². The van der Waals surface area contributed by atoms with Crippen molar-refractivity contribution < 1.29 is 33.8 Å². The topological polar surface area (TPSA) is 134 Å². The minimum atomic E-state index is -1.06. The molecule has 33 heavy (non-hydrogen) atoms. The summed E-state index contributed by atoms with van der Waals surface area (Å²) in [6.07, 6.45) is 1.57. The van der Waals surface area contributed by atoms with Gasteiger partial charge in [-0.05, 0) is 70.2 Å². The van der Waals surface area contributed by atoms with Gasteiger partial charge in [0.2, 0.25) is 11.8 Å². The number of carbonyl (C=O) groups excluding carboxylic acids is 4.